The van der Waals surface area contributed by atoms with Crippen LogP contribution >= 0.6 is 0 Å². The topological polar surface area (TPSA) is 12.0 Å². The zero-order valence-electron chi connectivity index (χ0n) is 9.19. The van der Waals surface area contributed by atoms with Gasteiger partial charge in [-0.3, -0.25) is 0 Å². The van der Waals surface area contributed by atoms with Gasteiger partial charge in [-0.25, -0.2) is 8.78 Å². The van der Waals surface area contributed by atoms with Crippen LogP contribution in [-0.4, -0.2) is 12.6 Å². The number of halogens is 2. The van der Waals surface area contributed by atoms with Gasteiger partial charge in [0.05, 0.1) is 0 Å². The molecule has 0 amide bonds. The van der Waals surface area contributed by atoms with E-state index in [1.54, 1.807) is 6.07 Å². The third-order valence-electron chi connectivity index (χ3n) is 2.53. The van der Waals surface area contributed by atoms with Crippen LogP contribution < -0.4 is 5.32 Å². The summed E-state index contributed by atoms with van der Waals surface area (Å²) in [4.78, 5) is 0. The van der Waals surface area contributed by atoms with Gasteiger partial charge in [0.25, 0.3) is 0 Å². The first-order valence-corrected chi connectivity index (χ1v) is 5.31. The Hall–Kier alpha value is -0.960. The van der Waals surface area contributed by atoms with Crippen molar-refractivity contribution in [3.63, 3.8) is 0 Å². The lowest BCUT2D eigenvalue weighted by Gasteiger charge is -2.11. The third kappa shape index (κ3) is 3.59. The predicted octanol–water partition coefficient (Wildman–Crippen LogP) is 2.90. The molecule has 0 aromatic heterocycles. The van der Waals surface area contributed by atoms with Crippen LogP contribution in [0.15, 0.2) is 18.2 Å². The van der Waals surface area contributed by atoms with Crippen LogP contribution in [0.25, 0.3) is 0 Å². The van der Waals surface area contributed by atoms with Gasteiger partial charge in [0.2, 0.25) is 0 Å². The van der Waals surface area contributed by atoms with E-state index >= 15 is 0 Å². The van der Waals surface area contributed by atoms with Crippen LogP contribution in [0.3, 0.4) is 0 Å². The number of benzene rings is 1. The summed E-state index contributed by atoms with van der Waals surface area (Å²) < 4.78 is 26.0. The van der Waals surface area contributed by atoms with E-state index in [0.717, 1.165) is 12.5 Å². The van der Waals surface area contributed by atoms with Crippen LogP contribution in [0, 0.1) is 11.6 Å². The van der Waals surface area contributed by atoms with Crippen molar-refractivity contribution in [1.82, 2.24) is 5.32 Å². The second-order valence-electron chi connectivity index (χ2n) is 3.73. The quantitative estimate of drug-likeness (QED) is 0.793. The number of rotatable bonds is 5. The molecule has 1 unspecified atom stereocenters. The molecule has 1 aromatic carbocycles. The van der Waals surface area contributed by atoms with E-state index in [1.165, 1.54) is 6.07 Å². The smallest absolute Gasteiger partial charge is 0.162 e. The van der Waals surface area contributed by atoms with E-state index in [0.29, 0.717) is 24.6 Å². The molecule has 1 rings (SSSR count). The van der Waals surface area contributed by atoms with Crippen molar-refractivity contribution in [2.24, 2.45) is 0 Å². The molecule has 1 aromatic rings. The van der Waals surface area contributed by atoms with Gasteiger partial charge in [-0.1, -0.05) is 19.1 Å². The van der Waals surface area contributed by atoms with E-state index in [-0.39, 0.29) is 0 Å². The van der Waals surface area contributed by atoms with E-state index in [4.69, 9.17) is 0 Å². The molecule has 0 radical (unpaired) electrons. The van der Waals surface area contributed by atoms with Gasteiger partial charge in [-0.15, -0.1) is 0 Å². The normalized spacial score (nSPS) is 12.8. The third-order valence-corrected chi connectivity index (χ3v) is 2.53. The van der Waals surface area contributed by atoms with Crippen LogP contribution in [-0.2, 0) is 6.42 Å². The predicted molar refractivity (Wildman–Crippen MR) is 57.8 cm³/mol. The van der Waals surface area contributed by atoms with Crippen LogP contribution in [0.2, 0.25) is 0 Å². The van der Waals surface area contributed by atoms with Crippen LogP contribution in [0.1, 0.15) is 25.8 Å². The van der Waals surface area contributed by atoms with Crippen LogP contribution in [0.5, 0.6) is 0 Å². The Morgan fingerprint density at radius 1 is 1.33 bits per heavy atom. The molecular formula is C12H17F2N. The Bertz CT molecular complexity index is 312. The largest absolute Gasteiger partial charge is 0.314 e. The lowest BCUT2D eigenvalue weighted by atomic mass is 10.1. The van der Waals surface area contributed by atoms with Crippen molar-refractivity contribution in [2.45, 2.75) is 32.7 Å². The molecule has 0 aliphatic rings. The first-order valence-electron chi connectivity index (χ1n) is 5.31. The van der Waals surface area contributed by atoms with E-state index in [9.17, 15) is 8.78 Å². The highest BCUT2D eigenvalue weighted by atomic mass is 19.2. The summed E-state index contributed by atoms with van der Waals surface area (Å²) in [6.07, 6.45) is 1.56. The molecule has 0 bridgehead atoms. The number of hydrogen-bond acceptors (Lipinski definition) is 1. The van der Waals surface area contributed by atoms with Gasteiger partial charge in [0.1, 0.15) is 0 Å². The second-order valence-corrected chi connectivity index (χ2v) is 3.73. The molecule has 0 aliphatic heterocycles. The molecule has 84 valence electrons. The number of nitrogens with one attached hydrogen (secondary N) is 1. The molecular weight excluding hydrogens is 196 g/mol. The van der Waals surface area contributed by atoms with Crippen molar-refractivity contribution in [3.8, 4) is 0 Å². The Kier molecular flexibility index (Phi) is 4.69. The fraction of sp³-hybridized carbons (Fsp3) is 0.500. The molecule has 0 fully saturated rings. The fourth-order valence-corrected chi connectivity index (χ4v) is 1.34. The average molecular weight is 213 g/mol. The highest BCUT2D eigenvalue weighted by Gasteiger charge is 2.07. The highest BCUT2D eigenvalue weighted by molar-refractivity contribution is 5.19. The summed E-state index contributed by atoms with van der Waals surface area (Å²) in [5.74, 6) is -1.49. The van der Waals surface area contributed by atoms with Gasteiger partial charge in [-0.05, 0) is 37.9 Å². The zero-order chi connectivity index (χ0) is 11.3. The standard InChI is InChI=1S/C12H17F2N/c1-3-9(2)15-8-7-10-5-4-6-11(13)12(10)14/h4-6,9,15H,3,7-8H2,1-2H3. The second kappa shape index (κ2) is 5.81. The van der Waals surface area contributed by atoms with Gasteiger partial charge in [0.15, 0.2) is 11.6 Å². The summed E-state index contributed by atoms with van der Waals surface area (Å²) in [6, 6.07) is 4.72. The molecule has 0 saturated heterocycles. The molecule has 1 N–H and O–H groups in total. The SMILES string of the molecule is CCC(C)NCCc1cccc(F)c1F. The number of hydrogen-bond donors (Lipinski definition) is 1. The van der Waals surface area contributed by atoms with Crippen molar-refractivity contribution < 1.29 is 8.78 Å². The fourth-order valence-electron chi connectivity index (χ4n) is 1.34. The van der Waals surface area contributed by atoms with Gasteiger partial charge in [-0.2, -0.15) is 0 Å². The van der Waals surface area contributed by atoms with Gasteiger partial charge >= 0.3 is 0 Å². The van der Waals surface area contributed by atoms with E-state index in [2.05, 4.69) is 19.2 Å². The van der Waals surface area contributed by atoms with Crippen molar-refractivity contribution in [1.29, 1.82) is 0 Å². The first kappa shape index (κ1) is 12.1. The summed E-state index contributed by atoms with van der Waals surface area (Å²) in [5, 5.41) is 3.24. The monoisotopic (exact) mass is 213 g/mol. The molecule has 15 heavy (non-hydrogen) atoms. The highest BCUT2D eigenvalue weighted by Crippen LogP contribution is 2.11. The van der Waals surface area contributed by atoms with Crippen molar-refractivity contribution in [2.75, 3.05) is 6.54 Å². The molecule has 0 spiro atoms. The van der Waals surface area contributed by atoms with Crippen LogP contribution in [0.4, 0.5) is 8.78 Å². The molecule has 1 atom stereocenters. The zero-order valence-corrected chi connectivity index (χ0v) is 9.19. The maximum atomic E-state index is 13.2. The lowest BCUT2D eigenvalue weighted by molar-refractivity contribution is 0.490. The van der Waals surface area contributed by atoms with E-state index in [1.807, 2.05) is 0 Å². The Labute approximate surface area is 89.5 Å². The maximum absolute atomic E-state index is 13.2. The minimum atomic E-state index is -0.768. The van der Waals surface area contributed by atoms with E-state index < -0.39 is 11.6 Å². The summed E-state index contributed by atoms with van der Waals surface area (Å²) >= 11 is 0. The minimum Gasteiger partial charge on any atom is -0.314 e. The van der Waals surface area contributed by atoms with Gasteiger partial charge < -0.3 is 5.32 Å². The molecule has 3 heteroatoms. The summed E-state index contributed by atoms with van der Waals surface area (Å²) in [6.45, 7) is 4.83. The molecule has 0 aliphatic carbocycles. The van der Waals surface area contributed by atoms with Gasteiger partial charge in [0, 0.05) is 6.04 Å². The molecule has 1 nitrogen and oxygen atoms in total. The van der Waals surface area contributed by atoms with Crippen molar-refractivity contribution >= 4 is 0 Å². The Morgan fingerprint density at radius 3 is 2.73 bits per heavy atom. The molecule has 0 heterocycles. The summed E-state index contributed by atoms with van der Waals surface area (Å²) in [5.41, 5.74) is 0.436. The van der Waals surface area contributed by atoms with Crippen molar-refractivity contribution in [3.05, 3.63) is 35.4 Å². The lowest BCUT2D eigenvalue weighted by Crippen LogP contribution is -2.27. The molecule has 0 saturated carbocycles. The Balaban J connectivity index is 2.47. The average Bonchev–Trinajstić information content (AvgIpc) is 2.24. The maximum Gasteiger partial charge on any atom is 0.162 e. The Morgan fingerprint density at radius 2 is 2.07 bits per heavy atom. The first-order chi connectivity index (χ1) is 7.15. The minimum absolute atomic E-state index is 0.418. The summed E-state index contributed by atoms with van der Waals surface area (Å²) in [7, 11) is 0.